The van der Waals surface area contributed by atoms with Crippen molar-refractivity contribution in [3.05, 3.63) is 46.1 Å². The second kappa shape index (κ2) is 9.28. The van der Waals surface area contributed by atoms with Gasteiger partial charge in [0, 0.05) is 61.8 Å². The lowest BCUT2D eigenvalue weighted by Crippen LogP contribution is -2.51. The molecule has 3 heterocycles. The number of carbonyl (C=O) groups is 2. The van der Waals surface area contributed by atoms with Crippen molar-refractivity contribution in [3.63, 3.8) is 0 Å². The molecule has 1 saturated heterocycles. The van der Waals surface area contributed by atoms with Crippen LogP contribution in [0.2, 0.25) is 0 Å². The zero-order chi connectivity index (χ0) is 22.6. The predicted octanol–water partition coefficient (Wildman–Crippen LogP) is 2.15. The van der Waals surface area contributed by atoms with Gasteiger partial charge in [-0.15, -0.1) is 0 Å². The van der Waals surface area contributed by atoms with E-state index in [1.54, 1.807) is 35.2 Å². The topological polar surface area (TPSA) is 108 Å². The third-order valence-electron chi connectivity index (χ3n) is 5.03. The van der Waals surface area contributed by atoms with Crippen LogP contribution in [0.15, 0.2) is 29.3 Å². The number of ether oxygens (including phenoxy) is 1. The first-order valence-corrected chi connectivity index (χ1v) is 10.4. The van der Waals surface area contributed by atoms with Crippen LogP contribution in [0.25, 0.3) is 11.4 Å². The van der Waals surface area contributed by atoms with Crippen LogP contribution in [0.4, 0.5) is 4.79 Å². The van der Waals surface area contributed by atoms with E-state index in [0.29, 0.717) is 49.7 Å². The summed E-state index contributed by atoms with van der Waals surface area (Å²) in [7, 11) is 0. The van der Waals surface area contributed by atoms with Gasteiger partial charge < -0.3 is 19.5 Å². The molecular formula is C22H29N5O4. The Balaban J connectivity index is 1.56. The maximum atomic E-state index is 12.6. The van der Waals surface area contributed by atoms with Crippen LogP contribution in [0.5, 0.6) is 0 Å². The Labute approximate surface area is 181 Å². The lowest BCUT2D eigenvalue weighted by Gasteiger charge is -2.35. The maximum Gasteiger partial charge on any atom is 0.410 e. The van der Waals surface area contributed by atoms with Gasteiger partial charge in [0.1, 0.15) is 11.4 Å². The van der Waals surface area contributed by atoms with Gasteiger partial charge >= 0.3 is 6.09 Å². The van der Waals surface area contributed by atoms with E-state index >= 15 is 0 Å². The lowest BCUT2D eigenvalue weighted by molar-refractivity contribution is -0.132. The third kappa shape index (κ3) is 5.90. The third-order valence-corrected chi connectivity index (χ3v) is 5.03. The number of carbonyl (C=O) groups excluding carboxylic acids is 2. The molecule has 0 aromatic carbocycles. The summed E-state index contributed by atoms with van der Waals surface area (Å²) in [5.41, 5.74) is 1.05. The van der Waals surface area contributed by atoms with Crippen molar-refractivity contribution in [1.82, 2.24) is 24.8 Å². The molecule has 31 heavy (non-hydrogen) atoms. The Morgan fingerprint density at radius 1 is 1.16 bits per heavy atom. The smallest absolute Gasteiger partial charge is 0.410 e. The number of pyridine rings is 1. The number of hydrogen-bond acceptors (Lipinski definition) is 6. The Morgan fingerprint density at radius 3 is 2.42 bits per heavy atom. The molecule has 2 aromatic rings. The maximum absolute atomic E-state index is 12.6. The molecule has 0 bridgehead atoms. The first kappa shape index (κ1) is 22.5. The fourth-order valence-electron chi connectivity index (χ4n) is 3.40. The SMILES string of the molecule is Cc1nc(-c2cccnc2)[nH]c(=O)c1CCC(=O)N1CCN(C(=O)OC(C)(C)C)CC1. The Hall–Kier alpha value is -3.23. The number of amides is 2. The highest BCUT2D eigenvalue weighted by Crippen LogP contribution is 2.15. The minimum Gasteiger partial charge on any atom is -0.444 e. The van der Waals surface area contributed by atoms with E-state index in [4.69, 9.17) is 4.74 Å². The largest absolute Gasteiger partial charge is 0.444 e. The molecule has 0 radical (unpaired) electrons. The molecule has 3 rings (SSSR count). The average molecular weight is 428 g/mol. The van der Waals surface area contributed by atoms with E-state index in [2.05, 4.69) is 15.0 Å². The molecule has 2 amide bonds. The van der Waals surface area contributed by atoms with Crippen molar-refractivity contribution in [2.75, 3.05) is 26.2 Å². The molecule has 9 heteroatoms. The number of aromatic nitrogens is 3. The van der Waals surface area contributed by atoms with Crippen LogP contribution in [0.1, 0.15) is 38.4 Å². The predicted molar refractivity (Wildman–Crippen MR) is 116 cm³/mol. The van der Waals surface area contributed by atoms with Crippen LogP contribution < -0.4 is 5.56 Å². The van der Waals surface area contributed by atoms with Gasteiger partial charge in [-0.25, -0.2) is 9.78 Å². The minimum atomic E-state index is -0.546. The van der Waals surface area contributed by atoms with Gasteiger partial charge in [0.05, 0.1) is 0 Å². The Kier molecular flexibility index (Phi) is 6.72. The molecule has 2 aromatic heterocycles. The molecule has 1 fully saturated rings. The summed E-state index contributed by atoms with van der Waals surface area (Å²) >= 11 is 0. The number of nitrogens with one attached hydrogen (secondary N) is 1. The van der Waals surface area contributed by atoms with E-state index in [-0.39, 0.29) is 24.0 Å². The standard InChI is InChI=1S/C22H29N5O4/c1-15-17(20(29)25-19(24-15)16-6-5-9-23-14-16)7-8-18(28)26-10-12-27(13-11-26)21(30)31-22(2,3)4/h5-6,9,14H,7-8,10-13H2,1-4H3,(H,24,25,29). The van der Waals surface area contributed by atoms with Gasteiger partial charge in [-0.2, -0.15) is 0 Å². The van der Waals surface area contributed by atoms with Gasteiger partial charge in [0.25, 0.3) is 5.56 Å². The summed E-state index contributed by atoms with van der Waals surface area (Å²) in [5.74, 6) is 0.419. The molecule has 0 saturated carbocycles. The average Bonchev–Trinajstić information content (AvgIpc) is 2.72. The summed E-state index contributed by atoms with van der Waals surface area (Å²) in [6.07, 6.45) is 3.46. The lowest BCUT2D eigenvalue weighted by atomic mass is 10.1. The number of hydrogen-bond donors (Lipinski definition) is 1. The molecule has 0 unspecified atom stereocenters. The van der Waals surface area contributed by atoms with Gasteiger partial charge in [-0.3, -0.25) is 14.6 Å². The van der Waals surface area contributed by atoms with Gasteiger partial charge in [0.2, 0.25) is 5.91 Å². The number of piperazine rings is 1. The van der Waals surface area contributed by atoms with Crippen LogP contribution >= 0.6 is 0 Å². The second-order valence-electron chi connectivity index (χ2n) is 8.57. The highest BCUT2D eigenvalue weighted by molar-refractivity contribution is 5.77. The first-order valence-electron chi connectivity index (χ1n) is 10.4. The molecule has 0 aliphatic carbocycles. The number of rotatable bonds is 4. The molecule has 9 nitrogen and oxygen atoms in total. The van der Waals surface area contributed by atoms with Crippen LogP contribution in [-0.4, -0.2) is 68.5 Å². The molecule has 1 N–H and O–H groups in total. The van der Waals surface area contributed by atoms with Crippen molar-refractivity contribution in [3.8, 4) is 11.4 Å². The van der Waals surface area contributed by atoms with Gasteiger partial charge in [-0.05, 0) is 46.2 Å². The zero-order valence-corrected chi connectivity index (χ0v) is 18.5. The molecular weight excluding hydrogens is 398 g/mol. The van der Waals surface area contributed by atoms with E-state index in [1.165, 1.54) is 0 Å². The van der Waals surface area contributed by atoms with Crippen molar-refractivity contribution < 1.29 is 14.3 Å². The van der Waals surface area contributed by atoms with Gasteiger partial charge in [0.15, 0.2) is 0 Å². The number of H-pyrrole nitrogens is 1. The van der Waals surface area contributed by atoms with Crippen molar-refractivity contribution in [2.24, 2.45) is 0 Å². The highest BCUT2D eigenvalue weighted by atomic mass is 16.6. The molecule has 0 spiro atoms. The van der Waals surface area contributed by atoms with E-state index in [0.717, 1.165) is 5.56 Å². The molecule has 1 aliphatic heterocycles. The second-order valence-corrected chi connectivity index (χ2v) is 8.57. The minimum absolute atomic E-state index is 0.0426. The summed E-state index contributed by atoms with van der Waals surface area (Å²) in [4.78, 5) is 52.0. The van der Waals surface area contributed by atoms with Crippen LogP contribution in [0.3, 0.4) is 0 Å². The fourth-order valence-corrected chi connectivity index (χ4v) is 3.40. The summed E-state index contributed by atoms with van der Waals surface area (Å²) in [6, 6.07) is 3.60. The van der Waals surface area contributed by atoms with Crippen molar-refractivity contribution in [1.29, 1.82) is 0 Å². The van der Waals surface area contributed by atoms with Crippen LogP contribution in [-0.2, 0) is 16.0 Å². The van der Waals surface area contributed by atoms with Crippen molar-refractivity contribution >= 4 is 12.0 Å². The number of aryl methyl sites for hydroxylation is 1. The summed E-state index contributed by atoms with van der Waals surface area (Å²) in [6.45, 7) is 9.01. The zero-order valence-electron chi connectivity index (χ0n) is 18.5. The summed E-state index contributed by atoms with van der Waals surface area (Å²) in [5, 5.41) is 0. The molecule has 166 valence electrons. The first-order chi connectivity index (χ1) is 14.6. The molecule has 1 aliphatic rings. The van der Waals surface area contributed by atoms with Crippen LogP contribution in [0, 0.1) is 6.92 Å². The normalized spacial score (nSPS) is 14.5. The van der Waals surface area contributed by atoms with Gasteiger partial charge in [-0.1, -0.05) is 0 Å². The van der Waals surface area contributed by atoms with Crippen molar-refractivity contribution in [2.45, 2.75) is 46.1 Å². The number of aromatic amines is 1. The van der Waals surface area contributed by atoms with E-state index in [1.807, 2.05) is 26.8 Å². The Morgan fingerprint density at radius 2 is 1.84 bits per heavy atom. The molecule has 0 atom stereocenters. The summed E-state index contributed by atoms with van der Waals surface area (Å²) < 4.78 is 5.38. The van der Waals surface area contributed by atoms with E-state index in [9.17, 15) is 14.4 Å². The Bertz CT molecular complexity index is 989. The number of nitrogens with zero attached hydrogens (tertiary/aromatic N) is 4. The quantitative estimate of drug-likeness (QED) is 0.801. The van der Waals surface area contributed by atoms with E-state index < -0.39 is 5.60 Å². The monoisotopic (exact) mass is 427 g/mol. The highest BCUT2D eigenvalue weighted by Gasteiger charge is 2.27. The fraction of sp³-hybridized carbons (Fsp3) is 0.500.